The number of carbonyl (C=O) groups is 1. The number of rotatable bonds is 6. The van der Waals surface area contributed by atoms with Crippen LogP contribution in [0.2, 0.25) is 0 Å². The maximum absolute atomic E-state index is 12.6. The summed E-state index contributed by atoms with van der Waals surface area (Å²) in [6.45, 7) is 6.06. The summed E-state index contributed by atoms with van der Waals surface area (Å²) < 4.78 is 7.20. The topological polar surface area (TPSA) is 56.1 Å². The van der Waals surface area contributed by atoms with E-state index in [0.29, 0.717) is 11.4 Å². The number of nitrogens with one attached hydrogen (secondary N) is 1. The van der Waals surface area contributed by atoms with Gasteiger partial charge in [-0.1, -0.05) is 23.9 Å². The van der Waals surface area contributed by atoms with Crippen LogP contribution in [0.15, 0.2) is 60.0 Å². The van der Waals surface area contributed by atoms with Crippen molar-refractivity contribution >= 4 is 23.4 Å². The van der Waals surface area contributed by atoms with E-state index in [1.165, 1.54) is 22.9 Å². The zero-order valence-corrected chi connectivity index (χ0v) is 16.7. The van der Waals surface area contributed by atoms with E-state index in [4.69, 9.17) is 4.74 Å². The summed E-state index contributed by atoms with van der Waals surface area (Å²) in [5, 5.41) is 3.41. The van der Waals surface area contributed by atoms with E-state index < -0.39 is 0 Å². The standard InChI is InChI=1S/C21H23N3O2S/c1-14-8-9-18(12-15(14)2)24-11-10-22-21(24)27-16(3)20(25)23-17-6-5-7-19(13-17)26-4/h5-13,16H,1-4H3,(H,23,25). The van der Waals surface area contributed by atoms with Crippen molar-refractivity contribution in [3.05, 3.63) is 66.0 Å². The molecule has 3 rings (SSSR count). The summed E-state index contributed by atoms with van der Waals surface area (Å²) in [5.41, 5.74) is 4.22. The van der Waals surface area contributed by atoms with E-state index in [2.05, 4.69) is 42.3 Å². The summed E-state index contributed by atoms with van der Waals surface area (Å²) >= 11 is 1.43. The van der Waals surface area contributed by atoms with Crippen LogP contribution >= 0.6 is 11.8 Å². The highest BCUT2D eigenvalue weighted by molar-refractivity contribution is 8.00. The highest BCUT2D eigenvalue weighted by Gasteiger charge is 2.18. The first-order valence-electron chi connectivity index (χ1n) is 8.70. The normalized spacial score (nSPS) is 11.9. The molecule has 0 aliphatic heterocycles. The molecule has 27 heavy (non-hydrogen) atoms. The summed E-state index contributed by atoms with van der Waals surface area (Å²) in [5.74, 6) is 0.626. The van der Waals surface area contributed by atoms with Gasteiger partial charge in [0.05, 0.1) is 12.4 Å². The van der Waals surface area contributed by atoms with Gasteiger partial charge in [-0.3, -0.25) is 9.36 Å². The number of hydrogen-bond acceptors (Lipinski definition) is 4. The second-order valence-electron chi connectivity index (χ2n) is 6.33. The largest absolute Gasteiger partial charge is 0.497 e. The molecule has 0 aliphatic carbocycles. The van der Waals surface area contributed by atoms with Crippen LogP contribution in [0.4, 0.5) is 5.69 Å². The maximum Gasteiger partial charge on any atom is 0.237 e. The van der Waals surface area contributed by atoms with Gasteiger partial charge in [0.25, 0.3) is 0 Å². The van der Waals surface area contributed by atoms with Crippen molar-refractivity contribution in [3.63, 3.8) is 0 Å². The lowest BCUT2D eigenvalue weighted by atomic mass is 10.1. The number of hydrogen-bond donors (Lipinski definition) is 1. The van der Waals surface area contributed by atoms with Crippen molar-refractivity contribution in [2.24, 2.45) is 0 Å². The smallest absolute Gasteiger partial charge is 0.237 e. The lowest BCUT2D eigenvalue weighted by Crippen LogP contribution is -2.22. The summed E-state index contributed by atoms with van der Waals surface area (Å²) in [6.07, 6.45) is 3.67. The number of benzene rings is 2. The first-order chi connectivity index (χ1) is 13.0. The third-order valence-electron chi connectivity index (χ3n) is 4.36. The fourth-order valence-corrected chi connectivity index (χ4v) is 3.49. The molecule has 0 saturated heterocycles. The molecular weight excluding hydrogens is 358 g/mol. The molecule has 140 valence electrons. The number of aryl methyl sites for hydroxylation is 2. The van der Waals surface area contributed by atoms with E-state index in [1.807, 2.05) is 35.9 Å². The molecule has 0 radical (unpaired) electrons. The lowest BCUT2D eigenvalue weighted by Gasteiger charge is -2.14. The molecule has 1 N–H and O–H groups in total. The molecule has 0 bridgehead atoms. The van der Waals surface area contributed by atoms with Gasteiger partial charge < -0.3 is 10.1 Å². The van der Waals surface area contributed by atoms with Gasteiger partial charge in [-0.25, -0.2) is 4.98 Å². The van der Waals surface area contributed by atoms with Crippen LogP contribution in [0.3, 0.4) is 0 Å². The van der Waals surface area contributed by atoms with E-state index >= 15 is 0 Å². The van der Waals surface area contributed by atoms with Gasteiger partial charge in [0.15, 0.2) is 5.16 Å². The average Bonchev–Trinajstić information content (AvgIpc) is 3.12. The quantitative estimate of drug-likeness (QED) is 0.633. The highest BCUT2D eigenvalue weighted by Crippen LogP contribution is 2.26. The molecule has 0 saturated carbocycles. The Balaban J connectivity index is 1.72. The third-order valence-corrected chi connectivity index (χ3v) is 5.44. The molecule has 1 unspecified atom stereocenters. The Kier molecular flexibility index (Phi) is 5.86. The number of amides is 1. The number of carbonyl (C=O) groups excluding carboxylic acids is 1. The Morgan fingerprint density at radius 3 is 2.74 bits per heavy atom. The Morgan fingerprint density at radius 1 is 1.19 bits per heavy atom. The van der Waals surface area contributed by atoms with Gasteiger partial charge in [-0.05, 0) is 56.2 Å². The first kappa shape index (κ1) is 19.0. The molecule has 1 atom stereocenters. The average molecular weight is 382 g/mol. The van der Waals surface area contributed by atoms with Crippen molar-refractivity contribution in [2.45, 2.75) is 31.2 Å². The fourth-order valence-electron chi connectivity index (χ4n) is 2.61. The predicted octanol–water partition coefficient (Wildman–Crippen LogP) is 4.62. The van der Waals surface area contributed by atoms with Crippen molar-refractivity contribution in [1.82, 2.24) is 9.55 Å². The molecule has 0 spiro atoms. The van der Waals surface area contributed by atoms with Crippen LogP contribution in [0.5, 0.6) is 5.75 Å². The number of methoxy groups -OCH3 is 1. The first-order valence-corrected chi connectivity index (χ1v) is 9.58. The van der Waals surface area contributed by atoms with Gasteiger partial charge in [0, 0.05) is 29.8 Å². The molecule has 1 amide bonds. The molecule has 6 heteroatoms. The predicted molar refractivity (Wildman–Crippen MR) is 110 cm³/mol. The minimum Gasteiger partial charge on any atom is -0.497 e. The van der Waals surface area contributed by atoms with Gasteiger partial charge >= 0.3 is 0 Å². The summed E-state index contributed by atoms with van der Waals surface area (Å²) in [7, 11) is 1.60. The number of thioether (sulfide) groups is 1. The van der Waals surface area contributed by atoms with E-state index in [1.54, 1.807) is 19.4 Å². The van der Waals surface area contributed by atoms with Crippen molar-refractivity contribution < 1.29 is 9.53 Å². The van der Waals surface area contributed by atoms with Crippen LogP contribution in [0.25, 0.3) is 5.69 Å². The van der Waals surface area contributed by atoms with Gasteiger partial charge in [0.1, 0.15) is 5.75 Å². The lowest BCUT2D eigenvalue weighted by molar-refractivity contribution is -0.115. The second kappa shape index (κ2) is 8.31. The second-order valence-corrected chi connectivity index (χ2v) is 7.64. The molecule has 0 aliphatic rings. The number of anilines is 1. The Labute approximate surface area is 163 Å². The molecule has 3 aromatic rings. The third kappa shape index (κ3) is 4.52. The molecule has 1 heterocycles. The molecular formula is C21H23N3O2S. The number of aromatic nitrogens is 2. The van der Waals surface area contributed by atoms with Crippen molar-refractivity contribution in [1.29, 1.82) is 0 Å². The number of imidazole rings is 1. The van der Waals surface area contributed by atoms with Crippen molar-refractivity contribution in [2.75, 3.05) is 12.4 Å². The van der Waals surface area contributed by atoms with Crippen LogP contribution in [-0.2, 0) is 4.79 Å². The minimum absolute atomic E-state index is 0.0807. The molecule has 1 aromatic heterocycles. The molecule has 5 nitrogen and oxygen atoms in total. The minimum atomic E-state index is -0.302. The summed E-state index contributed by atoms with van der Waals surface area (Å²) in [6, 6.07) is 13.6. The zero-order chi connectivity index (χ0) is 19.4. The highest BCUT2D eigenvalue weighted by atomic mass is 32.2. The van der Waals surface area contributed by atoms with Crippen LogP contribution in [-0.4, -0.2) is 27.8 Å². The van der Waals surface area contributed by atoms with Gasteiger partial charge in [0.2, 0.25) is 5.91 Å². The zero-order valence-electron chi connectivity index (χ0n) is 15.9. The monoisotopic (exact) mass is 381 g/mol. The van der Waals surface area contributed by atoms with Gasteiger partial charge in [-0.15, -0.1) is 0 Å². The Morgan fingerprint density at radius 2 is 2.00 bits per heavy atom. The number of ether oxygens (including phenoxy) is 1. The fraction of sp³-hybridized carbons (Fsp3) is 0.238. The Bertz CT molecular complexity index is 952. The number of nitrogens with zero attached hydrogens (tertiary/aromatic N) is 2. The van der Waals surface area contributed by atoms with E-state index in [-0.39, 0.29) is 11.2 Å². The summed E-state index contributed by atoms with van der Waals surface area (Å²) in [4.78, 5) is 17.0. The maximum atomic E-state index is 12.6. The molecule has 2 aromatic carbocycles. The van der Waals surface area contributed by atoms with Crippen LogP contribution in [0, 0.1) is 13.8 Å². The Hall–Kier alpha value is -2.73. The van der Waals surface area contributed by atoms with Crippen LogP contribution < -0.4 is 10.1 Å². The van der Waals surface area contributed by atoms with Crippen molar-refractivity contribution in [3.8, 4) is 11.4 Å². The van der Waals surface area contributed by atoms with Crippen LogP contribution in [0.1, 0.15) is 18.1 Å². The molecule has 0 fully saturated rings. The van der Waals surface area contributed by atoms with E-state index in [9.17, 15) is 4.79 Å². The SMILES string of the molecule is COc1cccc(NC(=O)C(C)Sc2nccn2-c2ccc(C)c(C)c2)c1. The van der Waals surface area contributed by atoms with Gasteiger partial charge in [-0.2, -0.15) is 0 Å². The van der Waals surface area contributed by atoms with E-state index in [0.717, 1.165) is 10.8 Å².